The number of aromatic carboxylic acids is 1. The van der Waals surface area contributed by atoms with E-state index in [1.54, 1.807) is 54.6 Å². The number of carbonyl (C=O) groups is 2. The lowest BCUT2D eigenvalue weighted by molar-refractivity contribution is -0.432. The number of azo groups is 2. The number of aliphatic hydroxyl groups excluding tert-OH is 1. The zero-order chi connectivity index (χ0) is 25.9. The Hall–Kier alpha value is -4.43. The maximum absolute atomic E-state index is 12.5. The summed E-state index contributed by atoms with van der Waals surface area (Å²) in [4.78, 5) is 24.9. The first-order valence-electron chi connectivity index (χ1n) is 10.1. The number of aliphatic hydroxyl groups is 1. The Morgan fingerprint density at radius 1 is 0.889 bits per heavy atom. The normalized spacial score (nSPS) is 12.1. The molecule has 0 radical (unpaired) electrons. The first-order chi connectivity index (χ1) is 17.4. The largest absolute Gasteiger partial charge is 0.510 e. The van der Waals surface area contributed by atoms with Gasteiger partial charge in [-0.3, -0.25) is 4.79 Å². The molecule has 13 heteroatoms. The minimum Gasteiger partial charge on any atom is -0.510 e. The number of carboxylic acid groups (broad SMARTS) is 1. The Morgan fingerprint density at radius 2 is 1.56 bits per heavy atom. The number of hydrogen-bond acceptors (Lipinski definition) is 11. The minimum atomic E-state index is -1.30. The number of amides is 1. The third-order valence-corrected chi connectivity index (χ3v) is 4.93. The van der Waals surface area contributed by atoms with Crippen molar-refractivity contribution in [3.8, 4) is 0 Å². The summed E-state index contributed by atoms with van der Waals surface area (Å²) in [6.07, 6.45) is 0. The fourth-order valence-electron chi connectivity index (χ4n) is 2.68. The number of allylic oxidation sites excluding steroid dienone is 1. The average molecular weight is 510 g/mol. The fourth-order valence-corrected chi connectivity index (χ4v) is 3.04. The molecule has 12 nitrogen and oxygen atoms in total. The maximum atomic E-state index is 12.5. The molecule has 0 bridgehead atoms. The van der Waals surface area contributed by atoms with Gasteiger partial charge in [-0.2, -0.15) is 10.2 Å². The van der Waals surface area contributed by atoms with Crippen LogP contribution in [0.2, 0.25) is 0 Å². The van der Waals surface area contributed by atoms with E-state index >= 15 is 0 Å². The lowest BCUT2D eigenvalue weighted by Gasteiger charge is -2.06. The van der Waals surface area contributed by atoms with Crippen LogP contribution in [0.5, 0.6) is 0 Å². The molecule has 0 heterocycles. The number of rotatable bonds is 10. The van der Waals surface area contributed by atoms with Gasteiger partial charge in [-0.1, -0.05) is 23.2 Å². The van der Waals surface area contributed by atoms with Crippen LogP contribution in [-0.2, 0) is 14.2 Å². The van der Waals surface area contributed by atoms with E-state index in [1.807, 2.05) is 0 Å². The first kappa shape index (κ1) is 26.2. The first-order valence-corrected chi connectivity index (χ1v) is 10.8. The zero-order valence-electron chi connectivity index (χ0n) is 18.6. The SMILES string of the molecule is CC(O)=C(N=Nc1ccc(N=Nc2ccc(SOOO)cc2)cc1C(=O)O)C(=O)Nc1ccccc1. The summed E-state index contributed by atoms with van der Waals surface area (Å²) in [6.45, 7) is 1.26. The second-order valence-corrected chi connectivity index (χ2v) is 7.65. The van der Waals surface area contributed by atoms with Crippen LogP contribution >= 0.6 is 12.0 Å². The van der Waals surface area contributed by atoms with Crippen molar-refractivity contribution < 1.29 is 34.4 Å². The Balaban J connectivity index is 1.78. The summed E-state index contributed by atoms with van der Waals surface area (Å²) in [5.41, 5.74) is 0.525. The van der Waals surface area contributed by atoms with E-state index in [0.29, 0.717) is 16.3 Å². The van der Waals surface area contributed by atoms with Crippen molar-refractivity contribution in [2.45, 2.75) is 11.8 Å². The van der Waals surface area contributed by atoms with Gasteiger partial charge < -0.3 is 15.5 Å². The summed E-state index contributed by atoms with van der Waals surface area (Å²) in [6, 6.07) is 19.1. The third-order valence-electron chi connectivity index (χ3n) is 4.34. The number of hydrogen-bond donors (Lipinski definition) is 4. The molecule has 0 aliphatic heterocycles. The maximum Gasteiger partial charge on any atom is 0.338 e. The van der Waals surface area contributed by atoms with Gasteiger partial charge in [0.25, 0.3) is 5.91 Å². The Kier molecular flexibility index (Phi) is 9.36. The number of carbonyl (C=O) groups excluding carboxylic acids is 1. The van der Waals surface area contributed by atoms with Crippen LogP contribution in [0.1, 0.15) is 17.3 Å². The van der Waals surface area contributed by atoms with Crippen molar-refractivity contribution in [2.75, 3.05) is 5.32 Å². The van der Waals surface area contributed by atoms with Crippen LogP contribution in [-0.4, -0.2) is 27.3 Å². The van der Waals surface area contributed by atoms with Crippen LogP contribution in [0.25, 0.3) is 0 Å². The van der Waals surface area contributed by atoms with Gasteiger partial charge in [0.2, 0.25) is 0 Å². The van der Waals surface area contributed by atoms with Gasteiger partial charge in [-0.15, -0.1) is 14.6 Å². The van der Waals surface area contributed by atoms with Crippen LogP contribution in [0.3, 0.4) is 0 Å². The summed E-state index contributed by atoms with van der Waals surface area (Å²) < 4.78 is 4.33. The number of carboxylic acids is 1. The molecule has 1 amide bonds. The van der Waals surface area contributed by atoms with Crippen molar-refractivity contribution in [1.82, 2.24) is 0 Å². The summed E-state index contributed by atoms with van der Waals surface area (Å²) in [5.74, 6) is -2.41. The second kappa shape index (κ2) is 12.9. The molecule has 0 aliphatic rings. The molecule has 36 heavy (non-hydrogen) atoms. The smallest absolute Gasteiger partial charge is 0.338 e. The number of benzene rings is 3. The Labute approximate surface area is 208 Å². The summed E-state index contributed by atoms with van der Waals surface area (Å²) in [7, 11) is 0. The Bertz CT molecular complexity index is 1310. The van der Waals surface area contributed by atoms with Crippen molar-refractivity contribution in [3.63, 3.8) is 0 Å². The lowest BCUT2D eigenvalue weighted by Crippen LogP contribution is -2.14. The molecule has 0 saturated heterocycles. The van der Waals surface area contributed by atoms with Gasteiger partial charge >= 0.3 is 5.97 Å². The Morgan fingerprint density at radius 3 is 2.19 bits per heavy atom. The van der Waals surface area contributed by atoms with Crippen LogP contribution < -0.4 is 5.32 Å². The molecule has 184 valence electrons. The molecule has 4 N–H and O–H groups in total. The third kappa shape index (κ3) is 7.54. The standard InChI is InChI=1S/C23H19N5O7S/c1-14(29)21(22(30)24-15-5-3-2-4-6-15)28-27-20-12-9-17(13-19(20)23(31)32)26-25-16-7-10-18(11-8-16)36-35-34-33/h2-13,29,33H,1H3,(H,24,30)(H,31,32). The molecule has 0 spiro atoms. The lowest BCUT2D eigenvalue weighted by atomic mass is 10.1. The van der Waals surface area contributed by atoms with E-state index in [1.165, 1.54) is 25.1 Å². The highest BCUT2D eigenvalue weighted by Crippen LogP contribution is 2.28. The number of para-hydroxylation sites is 1. The fraction of sp³-hybridized carbons (Fsp3) is 0.0435. The van der Waals surface area contributed by atoms with Gasteiger partial charge in [-0.05, 0) is 61.5 Å². The highest BCUT2D eigenvalue weighted by Gasteiger charge is 2.15. The topological polar surface area (TPSA) is 175 Å². The molecule has 3 rings (SSSR count). The number of nitrogens with one attached hydrogen (secondary N) is 1. The second-order valence-electron chi connectivity index (χ2n) is 6.88. The van der Waals surface area contributed by atoms with Crippen molar-refractivity contribution >= 4 is 46.7 Å². The predicted molar refractivity (Wildman–Crippen MR) is 130 cm³/mol. The number of nitrogens with zero attached hydrogens (tertiary/aromatic N) is 4. The molecular formula is C23H19N5O7S. The van der Waals surface area contributed by atoms with E-state index in [2.05, 4.69) is 35.1 Å². The van der Waals surface area contributed by atoms with Crippen LogP contribution in [0, 0.1) is 0 Å². The summed E-state index contributed by atoms with van der Waals surface area (Å²) in [5, 5.41) is 49.5. The minimum absolute atomic E-state index is 0.0554. The van der Waals surface area contributed by atoms with Crippen LogP contribution in [0.4, 0.5) is 22.7 Å². The summed E-state index contributed by atoms with van der Waals surface area (Å²) >= 11 is 0.788. The van der Waals surface area contributed by atoms with Gasteiger partial charge in [0.15, 0.2) is 5.70 Å². The van der Waals surface area contributed by atoms with E-state index < -0.39 is 17.6 Å². The van der Waals surface area contributed by atoms with Crippen molar-refractivity contribution in [3.05, 3.63) is 89.8 Å². The molecule has 3 aromatic carbocycles. The molecule has 0 fully saturated rings. The molecule has 3 aromatic rings. The quantitative estimate of drug-likeness (QED) is 0.0580. The molecule has 0 unspecified atom stereocenters. The van der Waals surface area contributed by atoms with E-state index in [4.69, 9.17) is 5.26 Å². The van der Waals surface area contributed by atoms with Gasteiger partial charge in [0, 0.05) is 10.6 Å². The highest BCUT2D eigenvalue weighted by atomic mass is 32.2. The van der Waals surface area contributed by atoms with Crippen LogP contribution in [0.15, 0.2) is 110 Å². The van der Waals surface area contributed by atoms with E-state index in [-0.39, 0.29) is 22.6 Å². The molecule has 0 saturated carbocycles. The zero-order valence-corrected chi connectivity index (χ0v) is 19.4. The van der Waals surface area contributed by atoms with E-state index in [0.717, 1.165) is 12.0 Å². The van der Waals surface area contributed by atoms with Crippen molar-refractivity contribution in [2.24, 2.45) is 20.5 Å². The monoisotopic (exact) mass is 509 g/mol. The number of anilines is 1. The van der Waals surface area contributed by atoms with Gasteiger partial charge in [-0.25, -0.2) is 10.1 Å². The van der Waals surface area contributed by atoms with Crippen molar-refractivity contribution in [1.29, 1.82) is 0 Å². The van der Waals surface area contributed by atoms with Gasteiger partial charge in [0.1, 0.15) is 11.4 Å². The van der Waals surface area contributed by atoms with Gasteiger partial charge in [0.05, 0.1) is 29.0 Å². The molecule has 0 aromatic heterocycles. The highest BCUT2D eigenvalue weighted by molar-refractivity contribution is 7.94. The average Bonchev–Trinajstić information content (AvgIpc) is 2.87. The molecule has 0 aliphatic carbocycles. The molecule has 0 atom stereocenters. The van der Waals surface area contributed by atoms with E-state index in [9.17, 15) is 19.8 Å². The molecular weight excluding hydrogens is 490 g/mol. The predicted octanol–water partition coefficient (Wildman–Crippen LogP) is 6.74.